The van der Waals surface area contributed by atoms with Crippen molar-refractivity contribution in [3.05, 3.63) is 45.8 Å². The molecule has 4 atom stereocenters. The average Bonchev–Trinajstić information content (AvgIpc) is 3.72. The van der Waals surface area contributed by atoms with Gasteiger partial charge in [0.2, 0.25) is 11.8 Å². The summed E-state index contributed by atoms with van der Waals surface area (Å²) >= 11 is 1.87. The average molecular weight is 629 g/mol. The molecule has 3 unspecified atom stereocenters. The van der Waals surface area contributed by atoms with Gasteiger partial charge in [-0.15, -0.1) is 11.3 Å². The molecule has 0 radical (unpaired) electrons. The fourth-order valence-corrected chi connectivity index (χ4v) is 10.3. The zero-order valence-electron chi connectivity index (χ0n) is 27.9. The second-order valence-corrected chi connectivity index (χ2v) is 16.8. The van der Waals surface area contributed by atoms with Crippen LogP contribution in [0.5, 0.6) is 0 Å². The number of hydrogen-bond donors (Lipinski definition) is 3. The van der Waals surface area contributed by atoms with E-state index in [0.29, 0.717) is 18.5 Å². The van der Waals surface area contributed by atoms with Crippen LogP contribution in [-0.2, 0) is 15.0 Å². The topological polar surface area (TPSA) is 77.2 Å². The van der Waals surface area contributed by atoms with Crippen LogP contribution in [-0.4, -0.2) is 53.9 Å². The summed E-state index contributed by atoms with van der Waals surface area (Å²) in [5.74, 6) is 2.20. The Morgan fingerprint density at radius 2 is 1.78 bits per heavy atom. The maximum Gasteiger partial charge on any atom is 0.225 e. The number of aryl methyl sites for hydroxylation is 2. The molecule has 7 rings (SSSR count). The summed E-state index contributed by atoms with van der Waals surface area (Å²) in [6, 6.07) is 9.54. The molecule has 3 N–H and O–H groups in total. The van der Waals surface area contributed by atoms with E-state index < -0.39 is 0 Å². The van der Waals surface area contributed by atoms with Crippen LogP contribution in [0.15, 0.2) is 24.3 Å². The molecule has 7 heteroatoms. The number of aromatic nitrogens is 1. The Hall–Kier alpha value is -2.64. The minimum atomic E-state index is -0.0229. The van der Waals surface area contributed by atoms with Crippen LogP contribution in [0.2, 0.25) is 0 Å². The molecule has 2 saturated carbocycles. The van der Waals surface area contributed by atoms with Gasteiger partial charge in [0.05, 0.1) is 11.6 Å². The number of rotatable bonds is 10. The van der Waals surface area contributed by atoms with Crippen molar-refractivity contribution in [2.75, 3.05) is 26.2 Å². The standard InChI is InChI=1S/C38H52N4O2S/c1-22-13-23(2)15-26(14-22)34-33(24(3)18-39-35(43)27-20-42(21-27)19-25-9-7-6-8-10-25)29-16-32(45-37(29)41-34)38(4,5)17-30-28-11-12-31(30)40-36(28)44/h13-16,24-25,27-28,30-31,41H,6-12,17-21H2,1-5H3,(H,39,43)(H,40,44)/t24-,28?,30?,31?/m1/s1. The van der Waals surface area contributed by atoms with E-state index in [2.05, 4.69) is 79.4 Å². The van der Waals surface area contributed by atoms with Crippen LogP contribution in [0.3, 0.4) is 0 Å². The third-order valence-corrected chi connectivity index (χ3v) is 13.0. The molecule has 4 heterocycles. The van der Waals surface area contributed by atoms with Gasteiger partial charge < -0.3 is 20.5 Å². The van der Waals surface area contributed by atoms with Gasteiger partial charge in [0.1, 0.15) is 4.83 Å². The van der Waals surface area contributed by atoms with Crippen LogP contribution in [0.4, 0.5) is 0 Å². The lowest BCUT2D eigenvalue weighted by Crippen LogP contribution is -2.55. The summed E-state index contributed by atoms with van der Waals surface area (Å²) in [5, 5.41) is 7.88. The zero-order valence-corrected chi connectivity index (χ0v) is 28.7. The molecule has 4 aliphatic rings. The number of carbonyl (C=O) groups excluding carboxylic acids is 2. The number of aromatic amines is 1. The molecule has 2 saturated heterocycles. The molecule has 2 aliphatic carbocycles. The molecule has 2 aliphatic heterocycles. The van der Waals surface area contributed by atoms with Crippen LogP contribution in [0.1, 0.15) is 99.6 Å². The van der Waals surface area contributed by atoms with Crippen molar-refractivity contribution >= 4 is 33.4 Å². The van der Waals surface area contributed by atoms with E-state index in [4.69, 9.17) is 0 Å². The number of H-pyrrole nitrogens is 1. The van der Waals surface area contributed by atoms with E-state index in [-0.39, 0.29) is 35.0 Å². The monoisotopic (exact) mass is 628 g/mol. The lowest BCUT2D eigenvalue weighted by atomic mass is 9.77. The maximum absolute atomic E-state index is 13.3. The second-order valence-electron chi connectivity index (χ2n) is 15.8. The van der Waals surface area contributed by atoms with Gasteiger partial charge in [0.15, 0.2) is 0 Å². The van der Waals surface area contributed by atoms with E-state index in [1.807, 2.05) is 11.3 Å². The van der Waals surface area contributed by atoms with E-state index in [9.17, 15) is 9.59 Å². The molecule has 242 valence electrons. The van der Waals surface area contributed by atoms with Crippen molar-refractivity contribution in [2.45, 2.75) is 103 Å². The second kappa shape index (κ2) is 12.2. The Kier molecular flexibility index (Phi) is 8.39. The highest BCUT2D eigenvalue weighted by molar-refractivity contribution is 7.18. The number of hydrogen-bond acceptors (Lipinski definition) is 4. The Bertz CT molecular complexity index is 1550. The van der Waals surface area contributed by atoms with Crippen molar-refractivity contribution < 1.29 is 9.59 Å². The minimum absolute atomic E-state index is 0.0229. The number of amides is 2. The lowest BCUT2D eigenvalue weighted by molar-refractivity contribution is -0.130. The number of likely N-dealkylation sites (tertiary alicyclic amines) is 1. The molecule has 2 bridgehead atoms. The number of carbonyl (C=O) groups is 2. The molecular weight excluding hydrogens is 577 g/mol. The molecule has 1 aromatic carbocycles. The highest BCUT2D eigenvalue weighted by Crippen LogP contribution is 2.48. The molecule has 4 fully saturated rings. The first-order chi connectivity index (χ1) is 21.6. The van der Waals surface area contributed by atoms with Crippen molar-refractivity contribution in [1.82, 2.24) is 20.5 Å². The Morgan fingerprint density at radius 1 is 1.04 bits per heavy atom. The normalized spacial score (nSPS) is 25.1. The zero-order chi connectivity index (χ0) is 31.5. The Balaban J connectivity index is 1.09. The van der Waals surface area contributed by atoms with Gasteiger partial charge in [-0.3, -0.25) is 9.59 Å². The highest BCUT2D eigenvalue weighted by atomic mass is 32.1. The summed E-state index contributed by atoms with van der Waals surface area (Å²) in [4.78, 5) is 34.6. The van der Waals surface area contributed by atoms with Crippen molar-refractivity contribution in [3.8, 4) is 11.3 Å². The summed E-state index contributed by atoms with van der Waals surface area (Å²) in [6.07, 6.45) is 10.0. The quantitative estimate of drug-likeness (QED) is 0.219. The van der Waals surface area contributed by atoms with Gasteiger partial charge in [-0.05, 0) is 92.5 Å². The third-order valence-electron chi connectivity index (χ3n) is 11.6. The Labute approximate surface area is 273 Å². The summed E-state index contributed by atoms with van der Waals surface area (Å²) in [5.41, 5.74) is 6.20. The van der Waals surface area contributed by atoms with Crippen LogP contribution < -0.4 is 10.6 Å². The maximum atomic E-state index is 13.3. The van der Waals surface area contributed by atoms with Gasteiger partial charge in [-0.2, -0.15) is 0 Å². The predicted octanol–water partition coefficient (Wildman–Crippen LogP) is 7.44. The Morgan fingerprint density at radius 3 is 2.44 bits per heavy atom. The number of nitrogens with one attached hydrogen (secondary N) is 3. The van der Waals surface area contributed by atoms with E-state index in [0.717, 1.165) is 38.3 Å². The first-order valence-electron chi connectivity index (χ1n) is 17.6. The number of fused-ring (bicyclic) bond motifs is 3. The first kappa shape index (κ1) is 31.0. The summed E-state index contributed by atoms with van der Waals surface area (Å²) in [6.45, 7) is 14.9. The number of piperidine rings is 1. The van der Waals surface area contributed by atoms with E-state index >= 15 is 0 Å². The fourth-order valence-electron chi connectivity index (χ4n) is 9.15. The molecule has 2 aromatic heterocycles. The summed E-state index contributed by atoms with van der Waals surface area (Å²) < 4.78 is 0. The van der Waals surface area contributed by atoms with Crippen LogP contribution in [0, 0.1) is 37.5 Å². The van der Waals surface area contributed by atoms with E-state index in [1.165, 1.54) is 81.7 Å². The van der Waals surface area contributed by atoms with Crippen molar-refractivity contribution in [2.24, 2.45) is 23.7 Å². The smallest absolute Gasteiger partial charge is 0.225 e. The lowest BCUT2D eigenvalue weighted by Gasteiger charge is -2.41. The van der Waals surface area contributed by atoms with Crippen molar-refractivity contribution in [1.29, 1.82) is 0 Å². The molecular formula is C38H52N4O2S. The molecule has 6 nitrogen and oxygen atoms in total. The first-order valence-corrected chi connectivity index (χ1v) is 18.4. The molecule has 45 heavy (non-hydrogen) atoms. The number of benzene rings is 1. The van der Waals surface area contributed by atoms with Crippen LogP contribution in [0.25, 0.3) is 21.5 Å². The van der Waals surface area contributed by atoms with Crippen LogP contribution >= 0.6 is 11.3 Å². The molecule has 3 aromatic rings. The number of nitrogens with zero attached hydrogens (tertiary/aromatic N) is 1. The van der Waals surface area contributed by atoms with Gasteiger partial charge >= 0.3 is 0 Å². The SMILES string of the molecule is Cc1cc(C)cc(-c2[nH]c3sc(C(C)(C)CC4C5CCC4C(=O)N5)cc3c2[C@H](C)CNC(=O)C2CN(CC3CCCCC3)C2)c1. The minimum Gasteiger partial charge on any atom is -0.355 e. The highest BCUT2D eigenvalue weighted by Gasteiger charge is 2.49. The third kappa shape index (κ3) is 6.12. The van der Waals surface area contributed by atoms with Crippen molar-refractivity contribution in [3.63, 3.8) is 0 Å². The van der Waals surface area contributed by atoms with Gasteiger partial charge in [-0.1, -0.05) is 57.2 Å². The van der Waals surface area contributed by atoms with Gasteiger partial charge in [0.25, 0.3) is 0 Å². The fraction of sp³-hybridized carbons (Fsp3) is 0.632. The summed E-state index contributed by atoms with van der Waals surface area (Å²) in [7, 11) is 0. The van der Waals surface area contributed by atoms with Gasteiger partial charge in [0, 0.05) is 54.3 Å². The largest absolute Gasteiger partial charge is 0.355 e. The van der Waals surface area contributed by atoms with E-state index in [1.54, 1.807) is 0 Å². The number of thiophene rings is 1. The molecule has 2 amide bonds. The predicted molar refractivity (Wildman–Crippen MR) is 185 cm³/mol. The molecule has 0 spiro atoms. The van der Waals surface area contributed by atoms with Gasteiger partial charge in [-0.25, -0.2) is 0 Å².